The van der Waals surface area contributed by atoms with Gasteiger partial charge in [-0.3, -0.25) is 0 Å². The summed E-state index contributed by atoms with van der Waals surface area (Å²) in [7, 11) is 0. The van der Waals surface area contributed by atoms with E-state index < -0.39 is 0 Å². The highest BCUT2D eigenvalue weighted by molar-refractivity contribution is 6.01. The van der Waals surface area contributed by atoms with Crippen LogP contribution in [0.2, 0.25) is 0 Å². The molecule has 2 unspecified atom stereocenters. The van der Waals surface area contributed by atoms with Gasteiger partial charge in [0.1, 0.15) is 12.3 Å². The van der Waals surface area contributed by atoms with Gasteiger partial charge in [0.2, 0.25) is 0 Å². The maximum Gasteiger partial charge on any atom is 0.130 e. The lowest BCUT2D eigenvalue weighted by atomic mass is 9.91. The summed E-state index contributed by atoms with van der Waals surface area (Å²) in [6, 6.07) is 45.9. The van der Waals surface area contributed by atoms with Gasteiger partial charge >= 0.3 is 0 Å². The number of nitrogens with zero attached hydrogens (tertiary/aromatic N) is 2. The summed E-state index contributed by atoms with van der Waals surface area (Å²) in [6.07, 6.45) is 13.2. The van der Waals surface area contributed by atoms with Crippen LogP contribution in [-0.4, -0.2) is 6.17 Å². The first-order valence-corrected chi connectivity index (χ1v) is 16.2. The zero-order chi connectivity index (χ0) is 30.5. The molecule has 0 saturated heterocycles. The van der Waals surface area contributed by atoms with E-state index in [2.05, 4.69) is 178 Å². The number of hydrogen-bond donors (Lipinski definition) is 2. The first-order chi connectivity index (χ1) is 22.8. The zero-order valence-corrected chi connectivity index (χ0v) is 25.5. The molecule has 2 atom stereocenters. The molecule has 4 heteroatoms. The van der Waals surface area contributed by atoms with Crippen LogP contribution in [0.5, 0.6) is 0 Å². The SMILES string of the molecule is C1=CC2=C(CC1)N(C1C=C(c3ccccc3)C=CN1)c1cc3c(cc1-c1ccccc12)NC(c1ccccc1)N3c1ccccc1. The number of benzene rings is 5. The van der Waals surface area contributed by atoms with Crippen molar-refractivity contribution >= 4 is 33.9 Å². The molecule has 1 aliphatic carbocycles. The van der Waals surface area contributed by atoms with Crippen LogP contribution in [0.4, 0.5) is 22.7 Å². The molecule has 222 valence electrons. The molecule has 46 heavy (non-hydrogen) atoms. The molecular weight excluding hydrogens is 560 g/mol. The number of para-hydroxylation sites is 1. The molecular formula is C42H34N4. The molecule has 0 aromatic heterocycles. The van der Waals surface area contributed by atoms with Crippen LogP contribution in [0, 0.1) is 0 Å². The molecule has 3 aliphatic heterocycles. The molecule has 4 nitrogen and oxygen atoms in total. The van der Waals surface area contributed by atoms with E-state index >= 15 is 0 Å². The molecule has 9 rings (SSSR count). The third kappa shape index (κ3) is 4.37. The second kappa shape index (κ2) is 11.0. The Bertz CT molecular complexity index is 2060. The van der Waals surface area contributed by atoms with Crippen molar-refractivity contribution in [3.63, 3.8) is 0 Å². The Labute approximate surface area is 270 Å². The quantitative estimate of drug-likeness (QED) is 0.217. The first kappa shape index (κ1) is 26.6. The second-order valence-corrected chi connectivity index (χ2v) is 12.2. The Morgan fingerprint density at radius 1 is 0.630 bits per heavy atom. The Kier molecular flexibility index (Phi) is 6.38. The van der Waals surface area contributed by atoms with Crippen molar-refractivity contribution in [2.45, 2.75) is 25.2 Å². The second-order valence-electron chi connectivity index (χ2n) is 12.2. The fourth-order valence-corrected chi connectivity index (χ4v) is 7.45. The summed E-state index contributed by atoms with van der Waals surface area (Å²) in [5.74, 6) is 0. The fourth-order valence-electron chi connectivity index (χ4n) is 7.45. The van der Waals surface area contributed by atoms with Gasteiger partial charge in [-0.15, -0.1) is 0 Å². The van der Waals surface area contributed by atoms with Crippen molar-refractivity contribution in [3.05, 3.63) is 180 Å². The van der Waals surface area contributed by atoms with E-state index in [1.165, 1.54) is 56.0 Å². The minimum atomic E-state index is -0.0627. The molecule has 0 amide bonds. The monoisotopic (exact) mass is 594 g/mol. The third-order valence-corrected chi connectivity index (χ3v) is 9.53. The van der Waals surface area contributed by atoms with Crippen LogP contribution < -0.4 is 20.4 Å². The van der Waals surface area contributed by atoms with Crippen molar-refractivity contribution in [2.75, 3.05) is 15.1 Å². The number of anilines is 4. The van der Waals surface area contributed by atoms with E-state index in [1.54, 1.807) is 0 Å². The van der Waals surface area contributed by atoms with Gasteiger partial charge in [-0.05, 0) is 83.3 Å². The molecule has 0 bridgehead atoms. The van der Waals surface area contributed by atoms with Crippen molar-refractivity contribution in [3.8, 4) is 11.1 Å². The number of rotatable bonds is 4. The lowest BCUT2D eigenvalue weighted by molar-refractivity contribution is 0.663. The van der Waals surface area contributed by atoms with Gasteiger partial charge in [0.05, 0.1) is 17.1 Å². The third-order valence-electron chi connectivity index (χ3n) is 9.53. The van der Waals surface area contributed by atoms with Crippen LogP contribution in [-0.2, 0) is 0 Å². The van der Waals surface area contributed by atoms with Gasteiger partial charge in [-0.2, -0.15) is 0 Å². The minimum absolute atomic E-state index is 0.0268. The Balaban J connectivity index is 1.28. The number of hydrogen-bond acceptors (Lipinski definition) is 4. The number of dihydropyridines is 1. The summed E-state index contributed by atoms with van der Waals surface area (Å²) in [5.41, 5.74) is 14.8. The molecule has 0 spiro atoms. The lowest BCUT2D eigenvalue weighted by Gasteiger charge is -2.38. The van der Waals surface area contributed by atoms with Gasteiger partial charge in [-0.25, -0.2) is 0 Å². The van der Waals surface area contributed by atoms with Crippen LogP contribution in [0.15, 0.2) is 164 Å². The maximum absolute atomic E-state index is 3.93. The van der Waals surface area contributed by atoms with Crippen molar-refractivity contribution in [1.29, 1.82) is 0 Å². The molecule has 5 aromatic carbocycles. The number of nitrogens with one attached hydrogen (secondary N) is 2. The molecule has 0 radical (unpaired) electrons. The summed E-state index contributed by atoms with van der Waals surface area (Å²) >= 11 is 0. The molecule has 0 fully saturated rings. The Morgan fingerprint density at radius 3 is 2.15 bits per heavy atom. The Morgan fingerprint density at radius 2 is 1.35 bits per heavy atom. The number of fused-ring (bicyclic) bond motifs is 5. The van der Waals surface area contributed by atoms with E-state index in [0.29, 0.717) is 0 Å². The average molecular weight is 595 g/mol. The minimum Gasteiger partial charge on any atom is -0.368 e. The topological polar surface area (TPSA) is 30.5 Å². The zero-order valence-electron chi connectivity index (χ0n) is 25.5. The van der Waals surface area contributed by atoms with E-state index in [4.69, 9.17) is 0 Å². The first-order valence-electron chi connectivity index (χ1n) is 16.2. The molecule has 0 saturated carbocycles. The molecule has 5 aromatic rings. The maximum atomic E-state index is 3.93. The fraction of sp³-hybridized carbons (Fsp3) is 0.0952. The summed E-state index contributed by atoms with van der Waals surface area (Å²) in [5, 5.41) is 7.67. The van der Waals surface area contributed by atoms with Crippen LogP contribution >= 0.6 is 0 Å². The highest BCUT2D eigenvalue weighted by atomic mass is 15.3. The molecule has 2 N–H and O–H groups in total. The molecule has 3 heterocycles. The van der Waals surface area contributed by atoms with Gasteiger partial charge in [0.25, 0.3) is 0 Å². The molecule has 4 aliphatic rings. The smallest absolute Gasteiger partial charge is 0.130 e. The summed E-state index contributed by atoms with van der Waals surface area (Å²) in [4.78, 5) is 5.02. The van der Waals surface area contributed by atoms with E-state index in [9.17, 15) is 0 Å². The standard InChI is InChI=1S/C42H34N4/c1-4-14-29(15-5-1)31-24-25-43-41(26-31)46-38-23-13-12-22-35(38)33-20-10-11-21-34(33)36-27-37-40(28-39(36)46)45(32-18-8-3-9-19-32)42(44-37)30-16-6-2-7-17-30/h1-12,14-22,24-28,41-44H,13,23H2. The predicted octanol–water partition coefficient (Wildman–Crippen LogP) is 10.0. The van der Waals surface area contributed by atoms with Crippen LogP contribution in [0.25, 0.3) is 22.3 Å². The van der Waals surface area contributed by atoms with E-state index in [-0.39, 0.29) is 12.3 Å². The highest BCUT2D eigenvalue weighted by Gasteiger charge is 2.37. The van der Waals surface area contributed by atoms with Crippen LogP contribution in [0.3, 0.4) is 0 Å². The van der Waals surface area contributed by atoms with Gasteiger partial charge in [0, 0.05) is 22.5 Å². The van der Waals surface area contributed by atoms with Crippen LogP contribution in [0.1, 0.15) is 35.7 Å². The largest absolute Gasteiger partial charge is 0.368 e. The number of allylic oxidation sites excluding steroid dienone is 6. The highest BCUT2D eigenvalue weighted by Crippen LogP contribution is 2.54. The van der Waals surface area contributed by atoms with Crippen molar-refractivity contribution in [2.24, 2.45) is 0 Å². The summed E-state index contributed by atoms with van der Waals surface area (Å²) in [6.45, 7) is 0. The lowest BCUT2D eigenvalue weighted by Crippen LogP contribution is -2.43. The summed E-state index contributed by atoms with van der Waals surface area (Å²) < 4.78 is 0. The Hall–Kier alpha value is -5.74. The predicted molar refractivity (Wildman–Crippen MR) is 192 cm³/mol. The average Bonchev–Trinajstić information content (AvgIpc) is 3.46. The van der Waals surface area contributed by atoms with Crippen molar-refractivity contribution in [1.82, 2.24) is 5.32 Å². The normalized spacial score (nSPS) is 19.3. The van der Waals surface area contributed by atoms with Crippen molar-refractivity contribution < 1.29 is 0 Å². The van der Waals surface area contributed by atoms with Gasteiger partial charge in [-0.1, -0.05) is 115 Å². The van der Waals surface area contributed by atoms with Gasteiger partial charge in [0.15, 0.2) is 0 Å². The van der Waals surface area contributed by atoms with Gasteiger partial charge < -0.3 is 20.4 Å². The van der Waals surface area contributed by atoms with E-state index in [1.807, 2.05) is 0 Å². The van der Waals surface area contributed by atoms with E-state index in [0.717, 1.165) is 24.2 Å².